The highest BCUT2D eigenvalue weighted by Gasteiger charge is 2.22. The molecule has 0 unspecified atom stereocenters. The lowest BCUT2D eigenvalue weighted by Crippen LogP contribution is -2.18. The molecule has 0 saturated carbocycles. The van der Waals surface area contributed by atoms with Crippen LogP contribution in [0.3, 0.4) is 0 Å². The van der Waals surface area contributed by atoms with Crippen molar-refractivity contribution < 1.29 is 31.8 Å². The molecule has 1 heterocycles. The lowest BCUT2D eigenvalue weighted by molar-refractivity contribution is 0.0691. The van der Waals surface area contributed by atoms with E-state index in [-0.39, 0.29) is 5.69 Å². The first-order valence-corrected chi connectivity index (χ1v) is 9.36. The van der Waals surface area contributed by atoms with Crippen LogP contribution in [-0.4, -0.2) is 32.7 Å². The predicted molar refractivity (Wildman–Crippen MR) is 95.0 cm³/mol. The number of aromatic carboxylic acids is 1. The van der Waals surface area contributed by atoms with E-state index in [1.807, 2.05) is 0 Å². The van der Waals surface area contributed by atoms with Crippen molar-refractivity contribution >= 4 is 28.2 Å². The third-order valence-electron chi connectivity index (χ3n) is 4.49. The summed E-state index contributed by atoms with van der Waals surface area (Å²) in [5.41, 5.74) is -0.307. The van der Waals surface area contributed by atoms with Crippen LogP contribution >= 0.6 is 0 Å². The van der Waals surface area contributed by atoms with Crippen LogP contribution in [0.1, 0.15) is 34.7 Å². The lowest BCUT2D eigenvalue weighted by Gasteiger charge is -2.23. The van der Waals surface area contributed by atoms with Crippen molar-refractivity contribution in [2.24, 2.45) is 0 Å². The third-order valence-corrected chi connectivity index (χ3v) is 5.26. The first kappa shape index (κ1) is 19.2. The van der Waals surface area contributed by atoms with Gasteiger partial charge in [-0.05, 0) is 42.5 Å². The van der Waals surface area contributed by atoms with Crippen molar-refractivity contribution in [1.82, 2.24) is 0 Å². The van der Waals surface area contributed by atoms with E-state index in [0.717, 1.165) is 18.4 Å². The SMILES string of the molecule is O=C(O)c1cc(F)c(N(c2ccc(C3CCOCC3)cc2)[SH](=O)=O)cc1F. The molecule has 0 bridgehead atoms. The van der Waals surface area contributed by atoms with E-state index >= 15 is 0 Å². The molecule has 0 aliphatic carbocycles. The Kier molecular flexibility index (Phi) is 5.71. The minimum atomic E-state index is -3.33. The summed E-state index contributed by atoms with van der Waals surface area (Å²) in [6.07, 6.45) is 1.71. The maximum absolute atomic E-state index is 14.3. The van der Waals surface area contributed by atoms with Crippen molar-refractivity contribution in [3.05, 3.63) is 59.2 Å². The lowest BCUT2D eigenvalue weighted by atomic mass is 9.92. The standard InChI is InChI=1S/C18H17F2NO5S/c19-15-10-17(16(20)9-14(15)18(22)23)21(27(24)25)13-3-1-11(2-4-13)12-5-7-26-8-6-12/h1-4,9-10,12,27H,5-8H2,(H,22,23). The van der Waals surface area contributed by atoms with Gasteiger partial charge in [0.2, 0.25) is 10.9 Å². The van der Waals surface area contributed by atoms with Crippen molar-refractivity contribution in [2.75, 3.05) is 17.5 Å². The molecular formula is C18H17F2NO5S. The highest BCUT2D eigenvalue weighted by molar-refractivity contribution is 7.74. The molecule has 0 radical (unpaired) electrons. The van der Waals surface area contributed by atoms with Gasteiger partial charge in [0, 0.05) is 19.3 Å². The van der Waals surface area contributed by atoms with Crippen LogP contribution in [0.2, 0.25) is 0 Å². The number of hydrogen-bond acceptors (Lipinski definition) is 4. The molecule has 0 amide bonds. The molecule has 6 nitrogen and oxygen atoms in total. The van der Waals surface area contributed by atoms with E-state index in [4.69, 9.17) is 9.84 Å². The fraction of sp³-hybridized carbons (Fsp3) is 0.278. The van der Waals surface area contributed by atoms with Crippen LogP contribution < -0.4 is 4.31 Å². The van der Waals surface area contributed by atoms with Gasteiger partial charge in [-0.15, -0.1) is 0 Å². The maximum atomic E-state index is 14.3. The molecule has 1 aliphatic rings. The maximum Gasteiger partial charge on any atom is 0.338 e. The van der Waals surface area contributed by atoms with Gasteiger partial charge in [0.05, 0.1) is 16.9 Å². The fourth-order valence-electron chi connectivity index (χ4n) is 3.10. The number of carbonyl (C=O) groups is 1. The summed E-state index contributed by atoms with van der Waals surface area (Å²) in [4.78, 5) is 10.9. The fourth-order valence-corrected chi connectivity index (χ4v) is 3.75. The first-order valence-electron chi connectivity index (χ1n) is 8.23. The summed E-state index contributed by atoms with van der Waals surface area (Å²) in [7, 11) is -3.33. The Hall–Kier alpha value is -2.52. The van der Waals surface area contributed by atoms with Crippen LogP contribution in [0, 0.1) is 11.6 Å². The quantitative estimate of drug-likeness (QED) is 0.757. The number of thiol groups is 1. The number of hydrogen-bond donors (Lipinski definition) is 2. The summed E-state index contributed by atoms with van der Waals surface area (Å²) in [6.45, 7) is 1.32. The molecule has 9 heteroatoms. The topological polar surface area (TPSA) is 83.9 Å². The van der Waals surface area contributed by atoms with E-state index in [0.29, 0.717) is 35.6 Å². The molecular weight excluding hydrogens is 380 g/mol. The van der Waals surface area contributed by atoms with E-state index in [9.17, 15) is 22.0 Å². The van der Waals surface area contributed by atoms with E-state index < -0.39 is 39.7 Å². The molecule has 1 fully saturated rings. The molecule has 0 atom stereocenters. The molecule has 2 aromatic rings. The molecule has 3 rings (SSSR count). The van der Waals surface area contributed by atoms with Gasteiger partial charge in [-0.1, -0.05) is 12.1 Å². The zero-order chi connectivity index (χ0) is 19.6. The van der Waals surface area contributed by atoms with Crippen LogP contribution in [0.25, 0.3) is 0 Å². The Balaban J connectivity index is 1.97. The van der Waals surface area contributed by atoms with Crippen molar-refractivity contribution in [1.29, 1.82) is 0 Å². The molecule has 1 saturated heterocycles. The van der Waals surface area contributed by atoms with Crippen LogP contribution in [-0.2, 0) is 15.6 Å². The molecule has 1 aliphatic heterocycles. The van der Waals surface area contributed by atoms with Gasteiger partial charge in [-0.3, -0.25) is 0 Å². The molecule has 27 heavy (non-hydrogen) atoms. The molecule has 0 spiro atoms. The van der Waals surface area contributed by atoms with Gasteiger partial charge >= 0.3 is 5.97 Å². The van der Waals surface area contributed by atoms with Gasteiger partial charge in [-0.25, -0.2) is 26.3 Å². The minimum Gasteiger partial charge on any atom is -0.478 e. The van der Waals surface area contributed by atoms with Crippen LogP contribution in [0.5, 0.6) is 0 Å². The summed E-state index contributed by atoms with van der Waals surface area (Å²) in [5, 5.41) is 8.85. The van der Waals surface area contributed by atoms with Gasteiger partial charge in [0.25, 0.3) is 0 Å². The second-order valence-electron chi connectivity index (χ2n) is 6.12. The Morgan fingerprint density at radius 2 is 1.70 bits per heavy atom. The van der Waals surface area contributed by atoms with Crippen molar-refractivity contribution in [3.63, 3.8) is 0 Å². The molecule has 1 N–H and O–H groups in total. The van der Waals surface area contributed by atoms with Gasteiger partial charge in [-0.2, -0.15) is 0 Å². The van der Waals surface area contributed by atoms with Gasteiger partial charge in [0.1, 0.15) is 11.6 Å². The highest BCUT2D eigenvalue weighted by Crippen LogP contribution is 2.33. The van der Waals surface area contributed by atoms with E-state index in [1.54, 1.807) is 12.1 Å². The second kappa shape index (κ2) is 8.01. The van der Waals surface area contributed by atoms with E-state index in [2.05, 4.69) is 0 Å². The van der Waals surface area contributed by atoms with Crippen LogP contribution in [0.4, 0.5) is 20.2 Å². The van der Waals surface area contributed by atoms with Crippen LogP contribution in [0.15, 0.2) is 36.4 Å². The number of carboxylic acid groups (broad SMARTS) is 1. The Morgan fingerprint density at radius 1 is 1.07 bits per heavy atom. The number of halogens is 2. The predicted octanol–water partition coefficient (Wildman–Crippen LogP) is 3.22. The smallest absolute Gasteiger partial charge is 0.338 e. The monoisotopic (exact) mass is 397 g/mol. The average molecular weight is 397 g/mol. The largest absolute Gasteiger partial charge is 0.478 e. The Morgan fingerprint density at radius 3 is 2.26 bits per heavy atom. The second-order valence-corrected chi connectivity index (χ2v) is 6.99. The molecule has 2 aromatic carbocycles. The first-order chi connectivity index (χ1) is 12.9. The number of nitrogens with zero attached hydrogens (tertiary/aromatic N) is 1. The average Bonchev–Trinajstić information content (AvgIpc) is 2.65. The van der Waals surface area contributed by atoms with Gasteiger partial charge in [0.15, 0.2) is 0 Å². The number of rotatable bonds is 5. The summed E-state index contributed by atoms with van der Waals surface area (Å²) in [6, 6.07) is 7.55. The number of ether oxygens (including phenoxy) is 1. The Labute approximate surface area is 156 Å². The van der Waals surface area contributed by atoms with Crippen molar-refractivity contribution in [3.8, 4) is 0 Å². The zero-order valence-corrected chi connectivity index (χ0v) is 15.0. The minimum absolute atomic E-state index is 0.128. The summed E-state index contributed by atoms with van der Waals surface area (Å²) >= 11 is 0. The number of anilines is 2. The summed E-state index contributed by atoms with van der Waals surface area (Å²) < 4.78 is 57.6. The number of benzene rings is 2. The Bertz CT molecular complexity index is 916. The third kappa shape index (κ3) is 4.09. The highest BCUT2D eigenvalue weighted by atomic mass is 32.2. The molecule has 144 valence electrons. The zero-order valence-electron chi connectivity index (χ0n) is 14.1. The summed E-state index contributed by atoms with van der Waals surface area (Å²) in [5.74, 6) is -3.72. The normalized spacial score (nSPS) is 15.1. The van der Waals surface area contributed by atoms with Gasteiger partial charge < -0.3 is 9.84 Å². The number of carboxylic acids is 1. The van der Waals surface area contributed by atoms with Crippen molar-refractivity contribution in [2.45, 2.75) is 18.8 Å². The van der Waals surface area contributed by atoms with E-state index in [1.165, 1.54) is 12.1 Å². The molecule has 0 aromatic heterocycles.